The van der Waals surface area contributed by atoms with Crippen LogP contribution in [0.3, 0.4) is 0 Å². The third-order valence-electron chi connectivity index (χ3n) is 4.35. The van der Waals surface area contributed by atoms with Crippen LogP contribution in [0.25, 0.3) is 0 Å². The second kappa shape index (κ2) is 7.27. The molecule has 0 radical (unpaired) electrons. The summed E-state index contributed by atoms with van der Waals surface area (Å²) in [6.07, 6.45) is 2.20. The quantitative estimate of drug-likeness (QED) is 0.893. The van der Waals surface area contributed by atoms with Gasteiger partial charge in [0.25, 0.3) is 0 Å². The third kappa shape index (κ3) is 4.39. The van der Waals surface area contributed by atoms with Crippen molar-refractivity contribution >= 4 is 27.3 Å². The van der Waals surface area contributed by atoms with Gasteiger partial charge in [-0.25, -0.2) is 8.42 Å². The number of amides is 1. The summed E-state index contributed by atoms with van der Waals surface area (Å²) in [4.78, 5) is 13.5. The van der Waals surface area contributed by atoms with Gasteiger partial charge in [0.1, 0.15) is 0 Å². The molecule has 0 fully saturated rings. The van der Waals surface area contributed by atoms with E-state index in [0.29, 0.717) is 18.7 Å². The lowest BCUT2D eigenvalue weighted by molar-refractivity contribution is -0.116. The van der Waals surface area contributed by atoms with Gasteiger partial charge < -0.3 is 4.90 Å². The van der Waals surface area contributed by atoms with Crippen molar-refractivity contribution in [3.63, 3.8) is 0 Å². The predicted molar refractivity (Wildman–Crippen MR) is 100 cm³/mol. The Morgan fingerprint density at radius 3 is 2.64 bits per heavy atom. The first-order valence-corrected chi connectivity index (χ1v) is 10.1. The number of rotatable bonds is 5. The Morgan fingerprint density at radius 2 is 1.92 bits per heavy atom. The number of nitrogens with one attached hydrogen (secondary N) is 1. The van der Waals surface area contributed by atoms with Crippen LogP contribution in [-0.4, -0.2) is 26.6 Å². The summed E-state index contributed by atoms with van der Waals surface area (Å²) >= 11 is 0. The minimum Gasteiger partial charge on any atom is -0.312 e. The Balaban J connectivity index is 1.71. The lowest BCUT2D eigenvalue weighted by Gasteiger charge is -2.29. The molecule has 1 aliphatic heterocycles. The highest BCUT2D eigenvalue weighted by Gasteiger charge is 2.20. The van der Waals surface area contributed by atoms with Gasteiger partial charge in [0.05, 0.1) is 5.75 Å². The number of nitrogens with zero attached hydrogens (tertiary/aromatic N) is 1. The van der Waals surface area contributed by atoms with Crippen LogP contribution in [0.15, 0.2) is 48.5 Å². The van der Waals surface area contributed by atoms with E-state index in [9.17, 15) is 13.2 Å². The van der Waals surface area contributed by atoms with Crippen LogP contribution in [0.1, 0.15) is 24.5 Å². The van der Waals surface area contributed by atoms with Crippen LogP contribution in [0, 0.1) is 0 Å². The van der Waals surface area contributed by atoms with Crippen molar-refractivity contribution in [2.24, 2.45) is 0 Å². The zero-order valence-corrected chi connectivity index (χ0v) is 15.1. The number of hydrogen-bond donors (Lipinski definition) is 1. The number of fused-ring (bicyclic) bond motifs is 1. The molecule has 0 aromatic heterocycles. The summed E-state index contributed by atoms with van der Waals surface area (Å²) in [6, 6.07) is 14.9. The molecule has 0 unspecified atom stereocenters. The van der Waals surface area contributed by atoms with Gasteiger partial charge in [0.15, 0.2) is 0 Å². The lowest BCUT2D eigenvalue weighted by atomic mass is 10.0. The molecule has 0 spiro atoms. The molecule has 132 valence electrons. The highest BCUT2D eigenvalue weighted by Crippen LogP contribution is 2.30. The molecule has 5 nitrogen and oxygen atoms in total. The molecule has 25 heavy (non-hydrogen) atoms. The van der Waals surface area contributed by atoms with E-state index in [1.54, 1.807) is 17.9 Å². The SMILES string of the molecule is CC(=O)N1CCCc2cc(NS(=O)(=O)CCc3ccccc3)ccc21. The lowest BCUT2D eigenvalue weighted by Crippen LogP contribution is -2.33. The van der Waals surface area contributed by atoms with E-state index in [2.05, 4.69) is 4.72 Å². The molecule has 1 amide bonds. The van der Waals surface area contributed by atoms with Crippen molar-refractivity contribution in [1.29, 1.82) is 0 Å². The molecular weight excluding hydrogens is 336 g/mol. The molecule has 1 heterocycles. The van der Waals surface area contributed by atoms with E-state index < -0.39 is 10.0 Å². The number of hydrogen-bond acceptors (Lipinski definition) is 3. The molecule has 0 saturated carbocycles. The first-order valence-electron chi connectivity index (χ1n) is 8.40. The van der Waals surface area contributed by atoms with E-state index in [0.717, 1.165) is 29.7 Å². The van der Waals surface area contributed by atoms with Gasteiger partial charge in [-0.2, -0.15) is 0 Å². The summed E-state index contributed by atoms with van der Waals surface area (Å²) in [5.41, 5.74) is 3.43. The standard InChI is InChI=1S/C19H22N2O3S/c1-15(22)21-12-5-8-17-14-18(9-10-19(17)21)20-25(23,24)13-11-16-6-3-2-4-7-16/h2-4,6-7,9-10,14,20H,5,8,11-13H2,1H3. The van der Waals surface area contributed by atoms with Gasteiger partial charge in [-0.3, -0.25) is 9.52 Å². The molecule has 0 bridgehead atoms. The molecule has 1 N–H and O–H groups in total. The van der Waals surface area contributed by atoms with Crippen LogP contribution < -0.4 is 9.62 Å². The molecule has 0 saturated heterocycles. The monoisotopic (exact) mass is 358 g/mol. The Labute approximate surface area is 148 Å². The number of carbonyl (C=O) groups is 1. The summed E-state index contributed by atoms with van der Waals surface area (Å²) in [6.45, 7) is 2.26. The van der Waals surface area contributed by atoms with Crippen LogP contribution >= 0.6 is 0 Å². The van der Waals surface area contributed by atoms with E-state index in [1.165, 1.54) is 0 Å². The fourth-order valence-electron chi connectivity index (χ4n) is 3.12. The molecule has 6 heteroatoms. The second-order valence-electron chi connectivity index (χ2n) is 6.27. The highest BCUT2D eigenvalue weighted by atomic mass is 32.2. The van der Waals surface area contributed by atoms with Crippen molar-refractivity contribution in [2.75, 3.05) is 21.9 Å². The van der Waals surface area contributed by atoms with Crippen molar-refractivity contribution in [3.8, 4) is 0 Å². The molecule has 2 aromatic carbocycles. The predicted octanol–water partition coefficient (Wildman–Crippen LogP) is 2.97. The van der Waals surface area contributed by atoms with Gasteiger partial charge in [0.2, 0.25) is 15.9 Å². The molecule has 3 rings (SSSR count). The Hall–Kier alpha value is -2.34. The van der Waals surface area contributed by atoms with E-state index >= 15 is 0 Å². The fourth-order valence-corrected chi connectivity index (χ4v) is 4.21. The van der Waals surface area contributed by atoms with Gasteiger partial charge in [0, 0.05) is 24.8 Å². The first-order chi connectivity index (χ1) is 11.9. The van der Waals surface area contributed by atoms with Crippen molar-refractivity contribution in [3.05, 3.63) is 59.7 Å². The molecule has 1 aliphatic rings. The first kappa shape index (κ1) is 17.5. The fraction of sp³-hybridized carbons (Fsp3) is 0.316. The minimum atomic E-state index is -3.42. The summed E-state index contributed by atoms with van der Waals surface area (Å²) in [5, 5.41) is 0. The molecule has 2 aromatic rings. The zero-order chi connectivity index (χ0) is 17.9. The second-order valence-corrected chi connectivity index (χ2v) is 8.12. The molecular formula is C19H22N2O3S. The summed E-state index contributed by atoms with van der Waals surface area (Å²) in [5.74, 6) is 0.0466. The van der Waals surface area contributed by atoms with Crippen molar-refractivity contribution in [1.82, 2.24) is 0 Å². The van der Waals surface area contributed by atoms with Crippen LogP contribution in [0.5, 0.6) is 0 Å². The average Bonchev–Trinajstić information content (AvgIpc) is 2.60. The maximum absolute atomic E-state index is 12.3. The maximum Gasteiger partial charge on any atom is 0.233 e. The van der Waals surface area contributed by atoms with Gasteiger partial charge in [-0.05, 0) is 48.6 Å². The van der Waals surface area contributed by atoms with E-state index in [-0.39, 0.29) is 11.7 Å². The number of aryl methyl sites for hydroxylation is 2. The van der Waals surface area contributed by atoms with Crippen LogP contribution in [0.2, 0.25) is 0 Å². The Morgan fingerprint density at radius 1 is 1.16 bits per heavy atom. The maximum atomic E-state index is 12.3. The largest absolute Gasteiger partial charge is 0.312 e. The number of anilines is 2. The minimum absolute atomic E-state index is 0.0112. The topological polar surface area (TPSA) is 66.5 Å². The highest BCUT2D eigenvalue weighted by molar-refractivity contribution is 7.92. The smallest absolute Gasteiger partial charge is 0.233 e. The van der Waals surface area contributed by atoms with Crippen LogP contribution in [-0.2, 0) is 27.7 Å². The van der Waals surface area contributed by atoms with Gasteiger partial charge in [-0.1, -0.05) is 30.3 Å². The van der Waals surface area contributed by atoms with Crippen molar-refractivity contribution in [2.45, 2.75) is 26.2 Å². The van der Waals surface area contributed by atoms with Gasteiger partial charge >= 0.3 is 0 Å². The Bertz CT molecular complexity index is 863. The van der Waals surface area contributed by atoms with Gasteiger partial charge in [-0.15, -0.1) is 0 Å². The Kier molecular flexibility index (Phi) is 5.08. The number of carbonyl (C=O) groups excluding carboxylic acids is 1. The van der Waals surface area contributed by atoms with E-state index in [1.807, 2.05) is 42.5 Å². The van der Waals surface area contributed by atoms with Crippen molar-refractivity contribution < 1.29 is 13.2 Å². The number of sulfonamides is 1. The number of benzene rings is 2. The summed E-state index contributed by atoms with van der Waals surface area (Å²) < 4.78 is 27.3. The van der Waals surface area contributed by atoms with Crippen LogP contribution in [0.4, 0.5) is 11.4 Å². The zero-order valence-electron chi connectivity index (χ0n) is 14.2. The average molecular weight is 358 g/mol. The molecule has 0 aliphatic carbocycles. The molecule has 0 atom stereocenters. The normalized spacial score (nSPS) is 14.0. The third-order valence-corrected chi connectivity index (χ3v) is 5.64. The summed E-state index contributed by atoms with van der Waals surface area (Å²) in [7, 11) is -3.42. The van der Waals surface area contributed by atoms with E-state index in [4.69, 9.17) is 0 Å².